The monoisotopic (exact) mass is 326 g/mol. The molecule has 0 aromatic carbocycles. The largest absolute Gasteiger partial charge is 0.477 e. The van der Waals surface area contributed by atoms with Gasteiger partial charge in [-0.05, 0) is 37.6 Å². The fourth-order valence-corrected chi connectivity index (χ4v) is 4.16. The second-order valence-corrected chi connectivity index (χ2v) is 7.52. The Morgan fingerprint density at radius 2 is 2.10 bits per heavy atom. The van der Waals surface area contributed by atoms with Crippen molar-refractivity contribution in [3.63, 3.8) is 0 Å². The predicted molar refractivity (Wildman–Crippen MR) is 79.0 cm³/mol. The zero-order valence-electron chi connectivity index (χ0n) is 11.5. The highest BCUT2D eigenvalue weighted by Gasteiger charge is 2.21. The molecule has 0 radical (unpaired) electrons. The smallest absolute Gasteiger partial charge is 0.346 e. The number of rotatable bonds is 5. The first-order valence-corrected chi connectivity index (χ1v) is 8.35. The van der Waals surface area contributed by atoms with Gasteiger partial charge >= 0.3 is 5.97 Å². The van der Waals surface area contributed by atoms with Crippen molar-refractivity contribution in [3.8, 4) is 0 Å². The van der Waals surface area contributed by atoms with Crippen LogP contribution in [0.5, 0.6) is 0 Å². The molecular weight excluding hydrogens is 312 g/mol. The Morgan fingerprint density at radius 3 is 2.67 bits per heavy atom. The van der Waals surface area contributed by atoms with Crippen LogP contribution in [0.1, 0.15) is 26.6 Å². The highest BCUT2D eigenvalue weighted by atomic mass is 32.2. The van der Waals surface area contributed by atoms with Crippen LogP contribution in [0, 0.1) is 13.8 Å². The quantitative estimate of drug-likeness (QED) is 0.875. The number of hydrogen-bond acceptors (Lipinski definition) is 5. The van der Waals surface area contributed by atoms with E-state index in [1.807, 2.05) is 13.0 Å². The molecule has 0 aliphatic rings. The van der Waals surface area contributed by atoms with Crippen molar-refractivity contribution in [1.29, 1.82) is 0 Å². The normalized spacial score (nSPS) is 11.5. The number of carboxylic acid groups (broad SMARTS) is 1. The number of thiophene rings is 1. The number of aromatic carboxylic acids is 1. The van der Waals surface area contributed by atoms with Gasteiger partial charge in [0.1, 0.15) is 9.09 Å². The van der Waals surface area contributed by atoms with Gasteiger partial charge in [0.25, 0.3) is 0 Å². The standard InChI is InChI=1S/C13H14N2O4S2/c1-8-6-11(20-12(8)13(16)17)21(18,19)14-7-10-5-3-4-9(2)15-10/h3-6,14H,7H2,1-2H3,(H,16,17). The van der Waals surface area contributed by atoms with Crippen molar-refractivity contribution in [2.24, 2.45) is 0 Å². The molecule has 2 heterocycles. The molecule has 0 unspecified atom stereocenters. The molecule has 0 aliphatic carbocycles. The topological polar surface area (TPSA) is 96.4 Å². The van der Waals surface area contributed by atoms with Crippen LogP contribution in [0.2, 0.25) is 0 Å². The minimum Gasteiger partial charge on any atom is -0.477 e. The molecule has 2 aromatic heterocycles. The molecule has 0 aliphatic heterocycles. The summed E-state index contributed by atoms with van der Waals surface area (Å²) in [4.78, 5) is 15.2. The highest BCUT2D eigenvalue weighted by Crippen LogP contribution is 2.25. The van der Waals surface area contributed by atoms with Crippen LogP contribution in [-0.2, 0) is 16.6 Å². The Kier molecular flexibility index (Phi) is 4.40. The summed E-state index contributed by atoms with van der Waals surface area (Å²) in [5.41, 5.74) is 1.83. The summed E-state index contributed by atoms with van der Waals surface area (Å²) in [6, 6.07) is 6.70. The maximum absolute atomic E-state index is 12.2. The van der Waals surface area contributed by atoms with Crippen LogP contribution in [0.4, 0.5) is 0 Å². The molecule has 2 aromatic rings. The van der Waals surface area contributed by atoms with E-state index in [2.05, 4.69) is 9.71 Å². The summed E-state index contributed by atoms with van der Waals surface area (Å²) in [5.74, 6) is -1.13. The Bertz CT molecular complexity index is 781. The number of nitrogens with zero attached hydrogens (tertiary/aromatic N) is 1. The van der Waals surface area contributed by atoms with Crippen LogP contribution < -0.4 is 4.72 Å². The van der Waals surface area contributed by atoms with Gasteiger partial charge in [-0.15, -0.1) is 11.3 Å². The molecule has 21 heavy (non-hydrogen) atoms. The van der Waals surface area contributed by atoms with Gasteiger partial charge in [-0.2, -0.15) is 0 Å². The van der Waals surface area contributed by atoms with E-state index in [0.29, 0.717) is 11.3 Å². The van der Waals surface area contributed by atoms with E-state index < -0.39 is 16.0 Å². The molecular formula is C13H14N2O4S2. The van der Waals surface area contributed by atoms with Crippen LogP contribution in [-0.4, -0.2) is 24.5 Å². The fourth-order valence-electron chi connectivity index (χ4n) is 1.74. The number of carbonyl (C=O) groups is 1. The van der Waals surface area contributed by atoms with Crippen LogP contribution in [0.3, 0.4) is 0 Å². The van der Waals surface area contributed by atoms with Crippen molar-refractivity contribution in [1.82, 2.24) is 9.71 Å². The SMILES string of the molecule is Cc1cccc(CNS(=O)(=O)c2cc(C)c(C(=O)O)s2)n1. The lowest BCUT2D eigenvalue weighted by Crippen LogP contribution is -2.23. The first kappa shape index (κ1) is 15.6. The van der Waals surface area contributed by atoms with E-state index in [0.717, 1.165) is 17.0 Å². The minimum atomic E-state index is -3.74. The minimum absolute atomic E-state index is 0.00921. The first-order valence-electron chi connectivity index (χ1n) is 6.05. The van der Waals surface area contributed by atoms with Crippen molar-refractivity contribution < 1.29 is 18.3 Å². The summed E-state index contributed by atoms with van der Waals surface area (Å²) >= 11 is 0.742. The first-order chi connectivity index (χ1) is 9.79. The fraction of sp³-hybridized carbons (Fsp3) is 0.231. The van der Waals surface area contributed by atoms with Gasteiger partial charge in [0.05, 0.1) is 12.2 Å². The lowest BCUT2D eigenvalue weighted by atomic mass is 10.3. The zero-order valence-corrected chi connectivity index (χ0v) is 13.1. The Labute approximate surface area is 126 Å². The molecule has 8 heteroatoms. The van der Waals surface area contributed by atoms with E-state index in [-0.39, 0.29) is 15.6 Å². The van der Waals surface area contributed by atoms with E-state index in [1.54, 1.807) is 19.1 Å². The van der Waals surface area contributed by atoms with Crippen LogP contribution in [0.25, 0.3) is 0 Å². The summed E-state index contributed by atoms with van der Waals surface area (Å²) < 4.78 is 26.7. The third-order valence-electron chi connectivity index (χ3n) is 2.74. The number of aromatic nitrogens is 1. The lowest BCUT2D eigenvalue weighted by Gasteiger charge is -2.04. The number of sulfonamides is 1. The van der Waals surface area contributed by atoms with Gasteiger partial charge in [-0.25, -0.2) is 17.9 Å². The molecule has 0 atom stereocenters. The van der Waals surface area contributed by atoms with Gasteiger partial charge in [0.2, 0.25) is 10.0 Å². The van der Waals surface area contributed by atoms with Crippen molar-refractivity contribution >= 4 is 27.3 Å². The maximum Gasteiger partial charge on any atom is 0.346 e. The Morgan fingerprint density at radius 1 is 1.38 bits per heavy atom. The molecule has 6 nitrogen and oxygen atoms in total. The summed E-state index contributed by atoms with van der Waals surface area (Å²) in [5, 5.41) is 8.97. The number of aryl methyl sites for hydroxylation is 2. The Hall–Kier alpha value is -1.77. The van der Waals surface area contributed by atoms with Gasteiger partial charge in [-0.3, -0.25) is 4.98 Å². The average molecular weight is 326 g/mol. The molecule has 0 spiro atoms. The number of carboxylic acids is 1. The molecule has 0 saturated carbocycles. The molecule has 0 amide bonds. The van der Waals surface area contributed by atoms with E-state index in [9.17, 15) is 13.2 Å². The van der Waals surface area contributed by atoms with Gasteiger partial charge in [0.15, 0.2) is 0 Å². The Balaban J connectivity index is 2.19. The molecule has 0 fully saturated rings. The molecule has 0 bridgehead atoms. The maximum atomic E-state index is 12.2. The van der Waals surface area contributed by atoms with Gasteiger partial charge in [-0.1, -0.05) is 6.07 Å². The van der Waals surface area contributed by atoms with E-state index >= 15 is 0 Å². The van der Waals surface area contributed by atoms with Crippen LogP contribution in [0.15, 0.2) is 28.5 Å². The number of pyridine rings is 1. The molecule has 112 valence electrons. The van der Waals surface area contributed by atoms with Gasteiger partial charge in [0, 0.05) is 5.69 Å². The van der Waals surface area contributed by atoms with E-state index in [1.165, 1.54) is 6.07 Å². The average Bonchev–Trinajstić information content (AvgIpc) is 2.80. The third kappa shape index (κ3) is 3.66. The van der Waals surface area contributed by atoms with Gasteiger partial charge < -0.3 is 5.11 Å². The van der Waals surface area contributed by atoms with Crippen LogP contribution >= 0.6 is 11.3 Å². The summed E-state index contributed by atoms with van der Waals surface area (Å²) in [7, 11) is -3.74. The second kappa shape index (κ2) is 5.92. The molecule has 2 N–H and O–H groups in total. The lowest BCUT2D eigenvalue weighted by molar-refractivity contribution is 0.0701. The third-order valence-corrected chi connectivity index (χ3v) is 5.84. The van der Waals surface area contributed by atoms with Crippen molar-refractivity contribution in [2.45, 2.75) is 24.6 Å². The second-order valence-electron chi connectivity index (χ2n) is 4.48. The van der Waals surface area contributed by atoms with Crippen molar-refractivity contribution in [2.75, 3.05) is 0 Å². The number of hydrogen-bond donors (Lipinski definition) is 2. The summed E-state index contributed by atoms with van der Waals surface area (Å²) in [6.07, 6.45) is 0. The highest BCUT2D eigenvalue weighted by molar-refractivity contribution is 7.91. The number of nitrogens with one attached hydrogen (secondary N) is 1. The molecule has 2 rings (SSSR count). The van der Waals surface area contributed by atoms with E-state index in [4.69, 9.17) is 5.11 Å². The summed E-state index contributed by atoms with van der Waals surface area (Å²) in [6.45, 7) is 3.45. The zero-order chi connectivity index (χ0) is 15.6. The predicted octanol–water partition coefficient (Wildman–Crippen LogP) is 1.94. The molecule has 0 saturated heterocycles. The van der Waals surface area contributed by atoms with Crippen molar-refractivity contribution in [3.05, 3.63) is 46.1 Å².